The second-order valence-corrected chi connectivity index (χ2v) is 7.30. The van der Waals surface area contributed by atoms with Crippen LogP contribution in [-0.2, 0) is 6.61 Å². The van der Waals surface area contributed by atoms with E-state index in [1.54, 1.807) is 0 Å². The molecule has 1 saturated carbocycles. The number of nitrogens with zero attached hydrogens (tertiary/aromatic N) is 2. The Balaban J connectivity index is 1.58. The molecular formula is C23H23N3O2. The van der Waals surface area contributed by atoms with Gasteiger partial charge in [0, 0.05) is 24.4 Å². The van der Waals surface area contributed by atoms with Gasteiger partial charge in [-0.15, -0.1) is 0 Å². The molecule has 1 heterocycles. The van der Waals surface area contributed by atoms with Crippen LogP contribution < -0.4 is 10.5 Å². The third-order valence-electron chi connectivity index (χ3n) is 5.44. The fraction of sp³-hybridized carbons (Fsp3) is 0.261. The van der Waals surface area contributed by atoms with Crippen molar-refractivity contribution in [2.75, 3.05) is 12.3 Å². The van der Waals surface area contributed by atoms with Gasteiger partial charge >= 0.3 is 0 Å². The molecule has 0 amide bonds. The molecular weight excluding hydrogens is 350 g/mol. The van der Waals surface area contributed by atoms with Gasteiger partial charge in [-0.1, -0.05) is 42.5 Å². The van der Waals surface area contributed by atoms with E-state index in [4.69, 9.17) is 10.5 Å². The number of aromatic nitrogens is 1. The van der Waals surface area contributed by atoms with Crippen LogP contribution in [0.25, 0.3) is 11.1 Å². The lowest BCUT2D eigenvalue weighted by atomic mass is 9.81. The lowest BCUT2D eigenvalue weighted by molar-refractivity contribution is 0.113. The third kappa shape index (κ3) is 3.47. The first-order chi connectivity index (χ1) is 13.7. The fourth-order valence-corrected chi connectivity index (χ4v) is 3.75. The minimum Gasteiger partial charge on any atom is -0.489 e. The molecule has 0 aliphatic heterocycles. The molecule has 2 aromatic carbocycles. The van der Waals surface area contributed by atoms with E-state index in [0.717, 1.165) is 35.3 Å². The van der Waals surface area contributed by atoms with Crippen LogP contribution in [0.4, 0.5) is 5.82 Å². The van der Waals surface area contributed by atoms with Gasteiger partial charge in [-0.25, -0.2) is 0 Å². The molecule has 1 aliphatic rings. The number of hydrogen-bond acceptors (Lipinski definition) is 4. The van der Waals surface area contributed by atoms with E-state index < -0.39 is 0 Å². The second-order valence-electron chi connectivity index (χ2n) is 7.30. The summed E-state index contributed by atoms with van der Waals surface area (Å²) >= 11 is 0. The molecule has 5 nitrogen and oxygen atoms in total. The van der Waals surface area contributed by atoms with E-state index in [2.05, 4.69) is 6.07 Å². The van der Waals surface area contributed by atoms with Gasteiger partial charge in [0.05, 0.1) is 0 Å². The Hall–Kier alpha value is -3.23. The van der Waals surface area contributed by atoms with Crippen molar-refractivity contribution in [3.8, 4) is 22.9 Å². The SMILES string of the molecule is N#Cc1c(-c2cccc(OCc3ccccc3)c2)cn(C2CC(CO)C2)c1N. The van der Waals surface area contributed by atoms with Gasteiger partial charge < -0.3 is 20.1 Å². The van der Waals surface area contributed by atoms with Crippen molar-refractivity contribution in [2.24, 2.45) is 5.92 Å². The Labute approximate surface area is 164 Å². The van der Waals surface area contributed by atoms with Gasteiger partial charge in [0.15, 0.2) is 0 Å². The van der Waals surface area contributed by atoms with E-state index in [1.165, 1.54) is 0 Å². The van der Waals surface area contributed by atoms with Crippen LogP contribution >= 0.6 is 0 Å². The molecule has 0 spiro atoms. The molecule has 28 heavy (non-hydrogen) atoms. The van der Waals surface area contributed by atoms with Gasteiger partial charge in [0.2, 0.25) is 0 Å². The Bertz CT molecular complexity index is 998. The summed E-state index contributed by atoms with van der Waals surface area (Å²) in [6.45, 7) is 0.694. The lowest BCUT2D eigenvalue weighted by Crippen LogP contribution is -2.29. The van der Waals surface area contributed by atoms with E-state index >= 15 is 0 Å². The Morgan fingerprint density at radius 1 is 1.14 bits per heavy atom. The average Bonchev–Trinajstić information content (AvgIpc) is 3.03. The van der Waals surface area contributed by atoms with Crippen LogP contribution in [0.15, 0.2) is 60.8 Å². The molecule has 0 atom stereocenters. The number of benzene rings is 2. The number of nitrogen functional groups attached to an aromatic ring is 1. The number of aliphatic hydroxyl groups excluding tert-OH is 1. The van der Waals surface area contributed by atoms with Crippen molar-refractivity contribution >= 4 is 5.82 Å². The van der Waals surface area contributed by atoms with Crippen molar-refractivity contribution in [1.29, 1.82) is 5.26 Å². The number of aliphatic hydroxyl groups is 1. The number of nitrogens with two attached hydrogens (primary N) is 1. The third-order valence-corrected chi connectivity index (χ3v) is 5.44. The summed E-state index contributed by atoms with van der Waals surface area (Å²) in [5, 5.41) is 18.9. The van der Waals surface area contributed by atoms with Gasteiger partial charge in [-0.3, -0.25) is 0 Å². The lowest BCUT2D eigenvalue weighted by Gasteiger charge is -2.35. The van der Waals surface area contributed by atoms with E-state index in [1.807, 2.05) is 65.4 Å². The highest BCUT2D eigenvalue weighted by molar-refractivity contribution is 5.77. The zero-order chi connectivity index (χ0) is 19.5. The predicted octanol–water partition coefficient (Wildman–Crippen LogP) is 4.13. The maximum atomic E-state index is 9.65. The summed E-state index contributed by atoms with van der Waals surface area (Å²) in [5.74, 6) is 1.57. The van der Waals surface area contributed by atoms with Crippen LogP contribution in [0.2, 0.25) is 0 Å². The van der Waals surface area contributed by atoms with Crippen LogP contribution in [0.5, 0.6) is 5.75 Å². The summed E-state index contributed by atoms with van der Waals surface area (Å²) in [6, 6.07) is 20.3. The monoisotopic (exact) mass is 373 g/mol. The number of hydrogen-bond donors (Lipinski definition) is 2. The zero-order valence-electron chi connectivity index (χ0n) is 15.6. The van der Waals surface area contributed by atoms with E-state index in [-0.39, 0.29) is 12.6 Å². The molecule has 0 radical (unpaired) electrons. The topological polar surface area (TPSA) is 84.2 Å². The fourth-order valence-electron chi connectivity index (χ4n) is 3.75. The molecule has 3 N–H and O–H groups in total. The van der Waals surface area contributed by atoms with E-state index in [0.29, 0.717) is 23.9 Å². The number of nitriles is 1. The molecule has 0 unspecified atom stereocenters. The normalized spacial score (nSPS) is 18.3. The smallest absolute Gasteiger partial charge is 0.122 e. The average molecular weight is 373 g/mol. The van der Waals surface area contributed by atoms with Crippen molar-refractivity contribution in [3.63, 3.8) is 0 Å². The predicted molar refractivity (Wildman–Crippen MR) is 109 cm³/mol. The Morgan fingerprint density at radius 2 is 1.93 bits per heavy atom. The zero-order valence-corrected chi connectivity index (χ0v) is 15.6. The molecule has 1 fully saturated rings. The molecule has 4 rings (SSSR count). The molecule has 1 aromatic heterocycles. The Morgan fingerprint density at radius 3 is 2.64 bits per heavy atom. The van der Waals surface area contributed by atoms with Crippen molar-refractivity contribution < 1.29 is 9.84 Å². The van der Waals surface area contributed by atoms with Gasteiger partial charge in [0.25, 0.3) is 0 Å². The summed E-state index contributed by atoms with van der Waals surface area (Å²) in [4.78, 5) is 0. The quantitative estimate of drug-likeness (QED) is 0.680. The standard InChI is InChI=1S/C23H23N3O2/c24-12-21-22(13-26(23(21)25)19-9-17(10-19)14-27)18-7-4-8-20(11-18)28-15-16-5-2-1-3-6-16/h1-8,11,13,17,19,27H,9-10,14-15,25H2. The highest BCUT2D eigenvalue weighted by atomic mass is 16.5. The first kappa shape index (κ1) is 18.1. The first-order valence-electron chi connectivity index (χ1n) is 9.48. The van der Waals surface area contributed by atoms with Gasteiger partial charge in [0.1, 0.15) is 29.8 Å². The van der Waals surface area contributed by atoms with Crippen molar-refractivity contribution in [2.45, 2.75) is 25.5 Å². The highest BCUT2D eigenvalue weighted by Gasteiger charge is 2.32. The first-order valence-corrected chi connectivity index (χ1v) is 9.48. The molecule has 0 saturated heterocycles. The summed E-state index contributed by atoms with van der Waals surface area (Å²) < 4.78 is 7.91. The van der Waals surface area contributed by atoms with Crippen LogP contribution in [0.1, 0.15) is 30.0 Å². The van der Waals surface area contributed by atoms with Gasteiger partial charge in [-0.05, 0) is 42.0 Å². The molecule has 142 valence electrons. The van der Waals surface area contributed by atoms with E-state index in [9.17, 15) is 10.4 Å². The Kier molecular flexibility index (Phi) is 5.05. The van der Waals surface area contributed by atoms with Crippen LogP contribution in [-0.4, -0.2) is 16.3 Å². The maximum Gasteiger partial charge on any atom is 0.122 e. The van der Waals surface area contributed by atoms with Crippen LogP contribution in [0.3, 0.4) is 0 Å². The highest BCUT2D eigenvalue weighted by Crippen LogP contribution is 2.42. The van der Waals surface area contributed by atoms with Gasteiger partial charge in [-0.2, -0.15) is 5.26 Å². The number of anilines is 1. The van der Waals surface area contributed by atoms with Crippen LogP contribution in [0, 0.1) is 17.2 Å². The summed E-state index contributed by atoms with van der Waals surface area (Å²) in [6.07, 6.45) is 3.74. The minimum atomic E-state index is 0.205. The molecule has 0 bridgehead atoms. The minimum absolute atomic E-state index is 0.205. The molecule has 3 aromatic rings. The number of rotatable bonds is 6. The summed E-state index contributed by atoms with van der Waals surface area (Å²) in [7, 11) is 0. The largest absolute Gasteiger partial charge is 0.489 e. The molecule has 5 heteroatoms. The maximum absolute atomic E-state index is 9.65. The van der Waals surface area contributed by atoms with Crippen molar-refractivity contribution in [1.82, 2.24) is 4.57 Å². The van der Waals surface area contributed by atoms with Crippen molar-refractivity contribution in [3.05, 3.63) is 71.9 Å². The number of ether oxygens (including phenoxy) is 1. The summed E-state index contributed by atoms with van der Waals surface area (Å²) in [5.41, 5.74) is 9.59. The second kappa shape index (κ2) is 7.79. The molecule has 1 aliphatic carbocycles.